The van der Waals surface area contributed by atoms with Crippen LogP contribution in [-0.4, -0.2) is 49.5 Å². The minimum absolute atomic E-state index is 0.000366. The predicted octanol–water partition coefficient (Wildman–Crippen LogP) is 1.58. The van der Waals surface area contributed by atoms with Crippen molar-refractivity contribution in [2.45, 2.75) is 33.1 Å². The largest absolute Gasteiger partial charge is 0.493 e. The van der Waals surface area contributed by atoms with Crippen LogP contribution in [0, 0.1) is 11.8 Å². The summed E-state index contributed by atoms with van der Waals surface area (Å²) in [6, 6.07) is 7.68. The molecular formula is C20H31N3O3. The summed E-state index contributed by atoms with van der Waals surface area (Å²) in [5.74, 6) is 1.23. The van der Waals surface area contributed by atoms with E-state index < -0.39 is 0 Å². The third-order valence-corrected chi connectivity index (χ3v) is 4.45. The standard InChI is InChI=1S/C20H31N3O3/c1-15(2)14-26-18-7-5-16(6-8-18)12-19(24)23-11-3-4-17(13-23)20(25)22-10-9-21/h5-8,15,17H,3-4,9-14,21H2,1-2H3,(H,22,25). The van der Waals surface area contributed by atoms with E-state index in [9.17, 15) is 9.59 Å². The molecular weight excluding hydrogens is 330 g/mol. The Kier molecular flexibility index (Phi) is 7.91. The first-order valence-corrected chi connectivity index (χ1v) is 9.47. The Bertz CT molecular complexity index is 586. The van der Waals surface area contributed by atoms with Gasteiger partial charge in [-0.05, 0) is 36.5 Å². The quantitative estimate of drug-likeness (QED) is 0.736. The van der Waals surface area contributed by atoms with E-state index in [-0.39, 0.29) is 17.7 Å². The van der Waals surface area contributed by atoms with Crippen molar-refractivity contribution in [3.8, 4) is 5.75 Å². The fourth-order valence-corrected chi connectivity index (χ4v) is 3.01. The number of nitrogens with zero attached hydrogens (tertiary/aromatic N) is 1. The van der Waals surface area contributed by atoms with Crippen molar-refractivity contribution in [1.82, 2.24) is 10.2 Å². The summed E-state index contributed by atoms with van der Waals surface area (Å²) in [7, 11) is 0. The molecule has 1 unspecified atom stereocenters. The summed E-state index contributed by atoms with van der Waals surface area (Å²) in [5, 5.41) is 2.82. The van der Waals surface area contributed by atoms with Crippen molar-refractivity contribution < 1.29 is 14.3 Å². The Morgan fingerprint density at radius 2 is 2.04 bits per heavy atom. The van der Waals surface area contributed by atoms with E-state index in [4.69, 9.17) is 10.5 Å². The van der Waals surface area contributed by atoms with Crippen LogP contribution in [0.15, 0.2) is 24.3 Å². The lowest BCUT2D eigenvalue weighted by Crippen LogP contribution is -2.46. The molecule has 1 fully saturated rings. The smallest absolute Gasteiger partial charge is 0.227 e. The molecule has 6 nitrogen and oxygen atoms in total. The van der Waals surface area contributed by atoms with E-state index in [2.05, 4.69) is 19.2 Å². The highest BCUT2D eigenvalue weighted by Gasteiger charge is 2.28. The Balaban J connectivity index is 1.85. The van der Waals surface area contributed by atoms with Gasteiger partial charge in [0.15, 0.2) is 0 Å². The molecule has 6 heteroatoms. The number of hydrogen-bond acceptors (Lipinski definition) is 4. The summed E-state index contributed by atoms with van der Waals surface area (Å²) in [6.45, 7) is 7.01. The third-order valence-electron chi connectivity index (χ3n) is 4.45. The minimum atomic E-state index is -0.133. The van der Waals surface area contributed by atoms with Crippen molar-refractivity contribution in [2.75, 3.05) is 32.8 Å². The maximum absolute atomic E-state index is 12.6. The van der Waals surface area contributed by atoms with Gasteiger partial charge in [-0.25, -0.2) is 0 Å². The Hall–Kier alpha value is -2.08. The van der Waals surface area contributed by atoms with Crippen LogP contribution in [0.1, 0.15) is 32.3 Å². The number of nitrogens with two attached hydrogens (primary N) is 1. The highest BCUT2D eigenvalue weighted by Crippen LogP contribution is 2.19. The normalized spacial score (nSPS) is 17.2. The van der Waals surface area contributed by atoms with Crippen LogP contribution in [0.5, 0.6) is 5.75 Å². The third kappa shape index (κ3) is 6.33. The van der Waals surface area contributed by atoms with Gasteiger partial charge in [0.25, 0.3) is 0 Å². The van der Waals surface area contributed by atoms with Crippen molar-refractivity contribution in [3.05, 3.63) is 29.8 Å². The molecule has 1 aromatic rings. The van der Waals surface area contributed by atoms with Crippen molar-refractivity contribution in [2.24, 2.45) is 17.6 Å². The highest BCUT2D eigenvalue weighted by molar-refractivity contribution is 5.82. The van der Waals surface area contributed by atoms with Gasteiger partial charge in [-0.1, -0.05) is 26.0 Å². The monoisotopic (exact) mass is 361 g/mol. The fraction of sp³-hybridized carbons (Fsp3) is 0.600. The maximum atomic E-state index is 12.6. The molecule has 1 atom stereocenters. The minimum Gasteiger partial charge on any atom is -0.493 e. The molecule has 0 bridgehead atoms. The number of benzene rings is 1. The lowest BCUT2D eigenvalue weighted by molar-refractivity contribution is -0.135. The Morgan fingerprint density at radius 3 is 2.69 bits per heavy atom. The number of likely N-dealkylation sites (tertiary alicyclic amines) is 1. The molecule has 0 aromatic heterocycles. The zero-order chi connectivity index (χ0) is 18.9. The van der Waals surface area contributed by atoms with Crippen LogP contribution in [0.3, 0.4) is 0 Å². The summed E-state index contributed by atoms with van der Waals surface area (Å²) < 4.78 is 5.67. The van der Waals surface area contributed by atoms with Crippen LogP contribution >= 0.6 is 0 Å². The number of piperidine rings is 1. The molecule has 0 saturated carbocycles. The molecule has 26 heavy (non-hydrogen) atoms. The van der Waals surface area contributed by atoms with Gasteiger partial charge < -0.3 is 20.7 Å². The molecule has 1 aromatic carbocycles. The van der Waals surface area contributed by atoms with E-state index in [0.29, 0.717) is 38.6 Å². The van der Waals surface area contributed by atoms with Gasteiger partial charge >= 0.3 is 0 Å². The molecule has 1 saturated heterocycles. The predicted molar refractivity (Wildman–Crippen MR) is 102 cm³/mol. The molecule has 0 spiro atoms. The molecule has 0 radical (unpaired) electrons. The van der Waals surface area contributed by atoms with Gasteiger partial charge in [0, 0.05) is 26.2 Å². The van der Waals surface area contributed by atoms with Crippen molar-refractivity contribution >= 4 is 11.8 Å². The van der Waals surface area contributed by atoms with E-state index in [1.54, 1.807) is 4.90 Å². The zero-order valence-electron chi connectivity index (χ0n) is 15.9. The number of rotatable bonds is 8. The summed E-state index contributed by atoms with van der Waals surface area (Å²) in [6.07, 6.45) is 2.03. The lowest BCUT2D eigenvalue weighted by atomic mass is 9.96. The fourth-order valence-electron chi connectivity index (χ4n) is 3.01. The second-order valence-corrected chi connectivity index (χ2v) is 7.28. The van der Waals surface area contributed by atoms with Crippen LogP contribution in [0.4, 0.5) is 0 Å². The van der Waals surface area contributed by atoms with Crippen LogP contribution < -0.4 is 15.8 Å². The SMILES string of the molecule is CC(C)COc1ccc(CC(=O)N2CCCC(C(=O)NCCN)C2)cc1. The van der Waals surface area contributed by atoms with Gasteiger partial charge in [-0.2, -0.15) is 0 Å². The molecule has 1 aliphatic rings. The average molecular weight is 361 g/mol. The maximum Gasteiger partial charge on any atom is 0.227 e. The van der Waals surface area contributed by atoms with Crippen molar-refractivity contribution in [1.29, 1.82) is 0 Å². The van der Waals surface area contributed by atoms with E-state index in [1.165, 1.54) is 0 Å². The second kappa shape index (κ2) is 10.2. The van der Waals surface area contributed by atoms with Gasteiger partial charge in [0.05, 0.1) is 18.9 Å². The Labute approximate surface area is 156 Å². The first-order chi connectivity index (χ1) is 12.5. The van der Waals surface area contributed by atoms with Crippen LogP contribution in [0.2, 0.25) is 0 Å². The summed E-state index contributed by atoms with van der Waals surface area (Å²) in [4.78, 5) is 26.5. The van der Waals surface area contributed by atoms with Gasteiger partial charge in [0.1, 0.15) is 5.75 Å². The molecule has 1 aliphatic heterocycles. The van der Waals surface area contributed by atoms with E-state index >= 15 is 0 Å². The molecule has 2 rings (SSSR count). The van der Waals surface area contributed by atoms with Gasteiger partial charge in [0.2, 0.25) is 11.8 Å². The van der Waals surface area contributed by atoms with Crippen molar-refractivity contribution in [3.63, 3.8) is 0 Å². The molecule has 144 valence electrons. The second-order valence-electron chi connectivity index (χ2n) is 7.28. The average Bonchev–Trinajstić information content (AvgIpc) is 2.65. The molecule has 2 amide bonds. The topological polar surface area (TPSA) is 84.7 Å². The first-order valence-electron chi connectivity index (χ1n) is 9.47. The van der Waals surface area contributed by atoms with E-state index in [1.807, 2.05) is 24.3 Å². The van der Waals surface area contributed by atoms with E-state index in [0.717, 1.165) is 30.7 Å². The number of ether oxygens (including phenoxy) is 1. The summed E-state index contributed by atoms with van der Waals surface area (Å²) >= 11 is 0. The first kappa shape index (κ1) is 20.2. The number of carbonyl (C=O) groups excluding carboxylic acids is 2. The lowest BCUT2D eigenvalue weighted by Gasteiger charge is -2.32. The number of hydrogen-bond donors (Lipinski definition) is 2. The number of amides is 2. The zero-order valence-corrected chi connectivity index (χ0v) is 15.9. The van der Waals surface area contributed by atoms with Gasteiger partial charge in [-0.15, -0.1) is 0 Å². The number of carbonyl (C=O) groups is 2. The molecule has 0 aliphatic carbocycles. The number of nitrogens with one attached hydrogen (secondary N) is 1. The van der Waals surface area contributed by atoms with Gasteiger partial charge in [-0.3, -0.25) is 9.59 Å². The Morgan fingerprint density at radius 1 is 1.31 bits per heavy atom. The molecule has 3 N–H and O–H groups in total. The molecule has 1 heterocycles. The highest BCUT2D eigenvalue weighted by atomic mass is 16.5. The summed E-state index contributed by atoms with van der Waals surface area (Å²) in [5.41, 5.74) is 6.38. The van der Waals surface area contributed by atoms with Crippen LogP contribution in [-0.2, 0) is 16.0 Å². The van der Waals surface area contributed by atoms with Crippen LogP contribution in [0.25, 0.3) is 0 Å².